The SMILES string of the molecule is Cn1c(=O)n(CCC(=O)NCc2ccccc2Cn2cccn2)c2ccccc21. The molecule has 0 radical (unpaired) electrons. The smallest absolute Gasteiger partial charge is 0.328 e. The lowest BCUT2D eigenvalue weighted by molar-refractivity contribution is -0.121. The molecule has 4 aromatic rings. The van der Waals surface area contributed by atoms with Gasteiger partial charge in [-0.1, -0.05) is 36.4 Å². The lowest BCUT2D eigenvalue weighted by atomic mass is 10.1. The second-order valence-corrected chi connectivity index (χ2v) is 6.98. The Morgan fingerprint density at radius 3 is 2.48 bits per heavy atom. The van der Waals surface area contributed by atoms with Gasteiger partial charge >= 0.3 is 5.69 Å². The molecular weight excluding hydrogens is 366 g/mol. The number of hydrogen-bond acceptors (Lipinski definition) is 3. The van der Waals surface area contributed by atoms with Crippen LogP contribution in [0.2, 0.25) is 0 Å². The van der Waals surface area contributed by atoms with Crippen LogP contribution in [0, 0.1) is 0 Å². The number of hydrogen-bond donors (Lipinski definition) is 1. The Kier molecular flexibility index (Phi) is 5.29. The van der Waals surface area contributed by atoms with Gasteiger partial charge in [0.25, 0.3) is 0 Å². The van der Waals surface area contributed by atoms with Crippen molar-refractivity contribution in [3.05, 3.63) is 88.6 Å². The molecule has 1 amide bonds. The van der Waals surface area contributed by atoms with Gasteiger partial charge in [0.15, 0.2) is 0 Å². The van der Waals surface area contributed by atoms with Gasteiger partial charge in [0.05, 0.1) is 17.6 Å². The largest absolute Gasteiger partial charge is 0.352 e. The van der Waals surface area contributed by atoms with E-state index in [1.54, 1.807) is 22.4 Å². The number of nitrogens with one attached hydrogen (secondary N) is 1. The van der Waals surface area contributed by atoms with Crippen molar-refractivity contribution in [2.45, 2.75) is 26.1 Å². The zero-order chi connectivity index (χ0) is 20.2. The van der Waals surface area contributed by atoms with Gasteiger partial charge in [-0.2, -0.15) is 5.10 Å². The molecule has 7 heteroatoms. The first-order valence-corrected chi connectivity index (χ1v) is 9.58. The van der Waals surface area contributed by atoms with E-state index in [0.29, 0.717) is 19.6 Å². The monoisotopic (exact) mass is 389 g/mol. The van der Waals surface area contributed by atoms with Crippen molar-refractivity contribution in [2.75, 3.05) is 0 Å². The molecule has 29 heavy (non-hydrogen) atoms. The molecule has 0 bridgehead atoms. The topological polar surface area (TPSA) is 73.8 Å². The van der Waals surface area contributed by atoms with Gasteiger partial charge in [-0.05, 0) is 29.3 Å². The fourth-order valence-electron chi connectivity index (χ4n) is 3.53. The van der Waals surface area contributed by atoms with E-state index in [9.17, 15) is 9.59 Å². The van der Waals surface area contributed by atoms with Crippen LogP contribution in [0.15, 0.2) is 71.8 Å². The molecule has 2 heterocycles. The van der Waals surface area contributed by atoms with E-state index in [0.717, 1.165) is 22.2 Å². The summed E-state index contributed by atoms with van der Waals surface area (Å²) in [4.78, 5) is 24.9. The fraction of sp³-hybridized carbons (Fsp3) is 0.227. The van der Waals surface area contributed by atoms with Gasteiger partial charge in [0, 0.05) is 39.0 Å². The first kappa shape index (κ1) is 18.7. The van der Waals surface area contributed by atoms with Gasteiger partial charge in [0.1, 0.15) is 0 Å². The molecule has 2 aromatic heterocycles. The second kappa shape index (κ2) is 8.18. The minimum Gasteiger partial charge on any atom is -0.352 e. The van der Waals surface area contributed by atoms with Crippen molar-refractivity contribution in [3.63, 3.8) is 0 Å². The maximum absolute atomic E-state index is 12.5. The van der Waals surface area contributed by atoms with Gasteiger partial charge in [0.2, 0.25) is 5.91 Å². The Morgan fingerprint density at radius 2 is 1.72 bits per heavy atom. The summed E-state index contributed by atoms with van der Waals surface area (Å²) in [5.74, 6) is -0.0845. The molecular formula is C22H23N5O2. The second-order valence-electron chi connectivity index (χ2n) is 6.98. The summed E-state index contributed by atoms with van der Waals surface area (Å²) < 4.78 is 5.12. The van der Waals surface area contributed by atoms with Gasteiger partial charge in [-0.25, -0.2) is 4.79 Å². The van der Waals surface area contributed by atoms with Crippen molar-refractivity contribution < 1.29 is 4.79 Å². The van der Waals surface area contributed by atoms with Crippen LogP contribution < -0.4 is 11.0 Å². The standard InChI is InChI=1S/C22H23N5O2/c1-25-19-9-4-5-10-20(19)27(22(25)29)14-11-21(28)23-15-17-7-2-3-8-18(17)16-26-13-6-12-24-26/h2-10,12-13H,11,14-16H2,1H3,(H,23,28). The minimum atomic E-state index is -0.108. The molecule has 0 fully saturated rings. The summed E-state index contributed by atoms with van der Waals surface area (Å²) >= 11 is 0. The zero-order valence-electron chi connectivity index (χ0n) is 16.3. The van der Waals surface area contributed by atoms with E-state index in [-0.39, 0.29) is 18.0 Å². The Balaban J connectivity index is 1.40. The number of imidazole rings is 1. The number of para-hydroxylation sites is 2. The normalized spacial score (nSPS) is 11.1. The number of nitrogens with zero attached hydrogens (tertiary/aromatic N) is 4. The van der Waals surface area contributed by atoms with Crippen LogP contribution >= 0.6 is 0 Å². The maximum Gasteiger partial charge on any atom is 0.328 e. The molecule has 148 valence electrons. The molecule has 0 unspecified atom stereocenters. The molecule has 0 aliphatic carbocycles. The highest BCUT2D eigenvalue weighted by Gasteiger charge is 2.12. The van der Waals surface area contributed by atoms with E-state index in [2.05, 4.69) is 10.4 Å². The highest BCUT2D eigenvalue weighted by molar-refractivity contribution is 5.78. The van der Waals surface area contributed by atoms with Gasteiger partial charge in [-0.3, -0.25) is 18.6 Å². The number of fused-ring (bicyclic) bond motifs is 1. The van der Waals surface area contributed by atoms with Crippen molar-refractivity contribution in [1.82, 2.24) is 24.2 Å². The molecule has 4 rings (SSSR count). The quantitative estimate of drug-likeness (QED) is 0.527. The lowest BCUT2D eigenvalue weighted by Crippen LogP contribution is -2.28. The van der Waals surface area contributed by atoms with Crippen LogP contribution in [0.5, 0.6) is 0 Å². The molecule has 0 saturated heterocycles. The molecule has 1 N–H and O–H groups in total. The van der Waals surface area contributed by atoms with Crippen LogP contribution in [0.25, 0.3) is 11.0 Å². The molecule has 7 nitrogen and oxygen atoms in total. The number of carbonyl (C=O) groups excluding carboxylic acids is 1. The van der Waals surface area contributed by atoms with E-state index >= 15 is 0 Å². The third-order valence-corrected chi connectivity index (χ3v) is 5.10. The number of aromatic nitrogens is 4. The van der Waals surface area contributed by atoms with Crippen molar-refractivity contribution in [2.24, 2.45) is 7.05 Å². The summed E-state index contributed by atoms with van der Waals surface area (Å²) in [6, 6.07) is 17.5. The predicted molar refractivity (Wildman–Crippen MR) is 111 cm³/mol. The Bertz CT molecular complexity index is 1190. The maximum atomic E-state index is 12.5. The van der Waals surface area contributed by atoms with Crippen LogP contribution in [-0.4, -0.2) is 24.8 Å². The summed E-state index contributed by atoms with van der Waals surface area (Å²) in [7, 11) is 1.75. The Labute approximate surface area is 168 Å². The third kappa shape index (κ3) is 3.99. The average Bonchev–Trinajstić information content (AvgIpc) is 3.33. The number of amides is 1. The molecule has 0 spiro atoms. The molecule has 2 aromatic carbocycles. The van der Waals surface area contributed by atoms with E-state index < -0.39 is 0 Å². The van der Waals surface area contributed by atoms with Gasteiger partial charge in [-0.15, -0.1) is 0 Å². The highest BCUT2D eigenvalue weighted by atomic mass is 16.2. The third-order valence-electron chi connectivity index (χ3n) is 5.10. The number of aryl methyl sites for hydroxylation is 2. The highest BCUT2D eigenvalue weighted by Crippen LogP contribution is 2.12. The van der Waals surface area contributed by atoms with E-state index in [1.807, 2.05) is 65.5 Å². The summed E-state index contributed by atoms with van der Waals surface area (Å²) in [5.41, 5.74) is 3.77. The first-order chi connectivity index (χ1) is 14.1. The van der Waals surface area contributed by atoms with Crippen LogP contribution in [-0.2, 0) is 31.5 Å². The van der Waals surface area contributed by atoms with Crippen LogP contribution in [0.3, 0.4) is 0 Å². The zero-order valence-corrected chi connectivity index (χ0v) is 16.3. The van der Waals surface area contributed by atoms with E-state index in [4.69, 9.17) is 0 Å². The summed E-state index contributed by atoms with van der Waals surface area (Å²) in [5, 5.41) is 7.21. The number of benzene rings is 2. The summed E-state index contributed by atoms with van der Waals surface area (Å²) in [6.45, 7) is 1.45. The molecule has 0 aliphatic rings. The molecule has 0 atom stereocenters. The van der Waals surface area contributed by atoms with Crippen LogP contribution in [0.4, 0.5) is 0 Å². The van der Waals surface area contributed by atoms with Crippen molar-refractivity contribution in [1.29, 1.82) is 0 Å². The van der Waals surface area contributed by atoms with Crippen molar-refractivity contribution in [3.8, 4) is 0 Å². The predicted octanol–water partition coefficient (Wildman–Crippen LogP) is 2.29. The Morgan fingerprint density at radius 1 is 1.00 bits per heavy atom. The average molecular weight is 389 g/mol. The molecule has 0 aliphatic heterocycles. The summed E-state index contributed by atoms with van der Waals surface area (Å²) in [6.07, 6.45) is 3.91. The lowest BCUT2D eigenvalue weighted by Gasteiger charge is -2.11. The van der Waals surface area contributed by atoms with Crippen molar-refractivity contribution >= 4 is 16.9 Å². The van der Waals surface area contributed by atoms with E-state index in [1.165, 1.54) is 0 Å². The first-order valence-electron chi connectivity index (χ1n) is 9.58. The van der Waals surface area contributed by atoms with Gasteiger partial charge < -0.3 is 5.32 Å². The fourth-order valence-corrected chi connectivity index (χ4v) is 3.53. The Hall–Kier alpha value is -3.61. The number of rotatable bonds is 7. The van der Waals surface area contributed by atoms with Crippen LogP contribution in [0.1, 0.15) is 17.5 Å². The molecule has 0 saturated carbocycles. The number of carbonyl (C=O) groups is 1. The minimum absolute atomic E-state index is 0.0845.